The van der Waals surface area contributed by atoms with Crippen LogP contribution in [-0.2, 0) is 7.05 Å². The molecule has 2 rings (SSSR count). The Morgan fingerprint density at radius 2 is 2.36 bits per heavy atom. The molecule has 3 heteroatoms. The summed E-state index contributed by atoms with van der Waals surface area (Å²) in [5.41, 5.74) is 3.61. The van der Waals surface area contributed by atoms with Crippen molar-refractivity contribution in [3.8, 4) is 0 Å². The fourth-order valence-corrected chi connectivity index (χ4v) is 1.85. The highest BCUT2D eigenvalue weighted by Crippen LogP contribution is 2.14. The molecule has 3 nitrogen and oxygen atoms in total. The molecular formula is C11H17N3. The zero-order chi connectivity index (χ0) is 9.97. The molecule has 76 valence electrons. The second kappa shape index (κ2) is 3.86. The maximum Gasteiger partial charge on any atom is 0.0626 e. The van der Waals surface area contributed by atoms with Crippen LogP contribution in [0, 0.1) is 6.92 Å². The highest BCUT2D eigenvalue weighted by atomic mass is 15.3. The van der Waals surface area contributed by atoms with Gasteiger partial charge in [-0.3, -0.25) is 4.68 Å². The lowest BCUT2D eigenvalue weighted by Crippen LogP contribution is -2.19. The van der Waals surface area contributed by atoms with E-state index in [4.69, 9.17) is 0 Å². The summed E-state index contributed by atoms with van der Waals surface area (Å²) in [6.07, 6.45) is 5.97. The van der Waals surface area contributed by atoms with Gasteiger partial charge in [0.15, 0.2) is 0 Å². The van der Waals surface area contributed by atoms with E-state index in [1.165, 1.54) is 30.7 Å². The standard InChI is InChI=1S/C11H17N3/c1-9-7-11(14(2)13-9)8-10-5-3-4-6-12-10/h7-8,12H,3-6H2,1-2H3. The molecule has 1 aliphatic rings. The van der Waals surface area contributed by atoms with Gasteiger partial charge in [0.25, 0.3) is 0 Å². The summed E-state index contributed by atoms with van der Waals surface area (Å²) >= 11 is 0. The van der Waals surface area contributed by atoms with Crippen molar-refractivity contribution in [1.29, 1.82) is 0 Å². The lowest BCUT2D eigenvalue weighted by molar-refractivity contribution is 0.591. The van der Waals surface area contributed by atoms with Gasteiger partial charge in [-0.05, 0) is 38.3 Å². The summed E-state index contributed by atoms with van der Waals surface area (Å²) in [5.74, 6) is 0. The molecule has 1 saturated heterocycles. The molecule has 1 aromatic heterocycles. The van der Waals surface area contributed by atoms with Crippen LogP contribution in [0.5, 0.6) is 0 Å². The smallest absolute Gasteiger partial charge is 0.0626 e. The van der Waals surface area contributed by atoms with Crippen LogP contribution >= 0.6 is 0 Å². The second-order valence-corrected chi connectivity index (χ2v) is 3.89. The third-order valence-electron chi connectivity index (χ3n) is 2.59. The molecule has 0 unspecified atom stereocenters. The lowest BCUT2D eigenvalue weighted by atomic mass is 10.1. The number of hydrogen-bond acceptors (Lipinski definition) is 2. The van der Waals surface area contributed by atoms with E-state index in [1.807, 2.05) is 18.7 Å². The molecule has 0 amide bonds. The molecule has 0 saturated carbocycles. The number of rotatable bonds is 1. The molecule has 2 heterocycles. The van der Waals surface area contributed by atoms with Crippen molar-refractivity contribution in [2.45, 2.75) is 26.2 Å². The van der Waals surface area contributed by atoms with Gasteiger partial charge in [-0.25, -0.2) is 0 Å². The van der Waals surface area contributed by atoms with Crippen LogP contribution in [-0.4, -0.2) is 16.3 Å². The summed E-state index contributed by atoms with van der Waals surface area (Å²) in [5, 5.41) is 7.74. The molecule has 0 atom stereocenters. The van der Waals surface area contributed by atoms with E-state index in [1.54, 1.807) is 0 Å². The van der Waals surface area contributed by atoms with E-state index in [0.29, 0.717) is 0 Å². The van der Waals surface area contributed by atoms with Gasteiger partial charge < -0.3 is 5.32 Å². The van der Waals surface area contributed by atoms with Crippen molar-refractivity contribution >= 4 is 6.08 Å². The SMILES string of the molecule is Cc1cc(C=C2CCCCN2)n(C)n1. The Labute approximate surface area is 84.8 Å². The molecule has 0 aliphatic carbocycles. The molecule has 0 bridgehead atoms. The fraction of sp³-hybridized carbons (Fsp3) is 0.545. The van der Waals surface area contributed by atoms with Gasteiger partial charge in [-0.2, -0.15) is 5.10 Å². The van der Waals surface area contributed by atoms with Gasteiger partial charge in [0.2, 0.25) is 0 Å². The highest BCUT2D eigenvalue weighted by Gasteiger charge is 2.05. The molecule has 0 spiro atoms. The zero-order valence-corrected chi connectivity index (χ0v) is 8.88. The molecule has 1 aliphatic heterocycles. The van der Waals surface area contributed by atoms with E-state index in [0.717, 1.165) is 12.2 Å². The number of nitrogens with zero attached hydrogens (tertiary/aromatic N) is 2. The largest absolute Gasteiger partial charge is 0.388 e. The van der Waals surface area contributed by atoms with Gasteiger partial charge in [0, 0.05) is 19.3 Å². The maximum absolute atomic E-state index is 4.32. The van der Waals surface area contributed by atoms with E-state index in [2.05, 4.69) is 22.6 Å². The Morgan fingerprint density at radius 1 is 1.50 bits per heavy atom. The van der Waals surface area contributed by atoms with Crippen molar-refractivity contribution in [3.05, 3.63) is 23.2 Å². The maximum atomic E-state index is 4.32. The van der Waals surface area contributed by atoms with Crippen LogP contribution in [0.25, 0.3) is 6.08 Å². The summed E-state index contributed by atoms with van der Waals surface area (Å²) in [6, 6.07) is 2.11. The topological polar surface area (TPSA) is 29.9 Å². The number of allylic oxidation sites excluding steroid dienone is 1. The number of piperidine rings is 1. The Morgan fingerprint density at radius 3 is 2.93 bits per heavy atom. The molecular weight excluding hydrogens is 174 g/mol. The summed E-state index contributed by atoms with van der Waals surface area (Å²) < 4.78 is 1.93. The molecule has 14 heavy (non-hydrogen) atoms. The van der Waals surface area contributed by atoms with Crippen LogP contribution in [0.15, 0.2) is 11.8 Å². The average Bonchev–Trinajstić information content (AvgIpc) is 2.47. The Hall–Kier alpha value is -1.25. The Bertz CT molecular complexity index is 341. The number of nitrogens with one attached hydrogen (secondary N) is 1. The molecule has 0 radical (unpaired) electrons. The minimum atomic E-state index is 1.08. The first-order chi connectivity index (χ1) is 6.75. The predicted octanol–water partition coefficient (Wildman–Crippen LogP) is 1.84. The van der Waals surface area contributed by atoms with Crippen molar-refractivity contribution in [2.24, 2.45) is 7.05 Å². The van der Waals surface area contributed by atoms with Crippen molar-refractivity contribution < 1.29 is 0 Å². The van der Waals surface area contributed by atoms with E-state index < -0.39 is 0 Å². The fourth-order valence-electron chi connectivity index (χ4n) is 1.85. The number of hydrogen-bond donors (Lipinski definition) is 1. The van der Waals surface area contributed by atoms with Crippen LogP contribution in [0.1, 0.15) is 30.7 Å². The normalized spacial score (nSPS) is 19.7. The average molecular weight is 191 g/mol. The first kappa shape index (κ1) is 9.31. The highest BCUT2D eigenvalue weighted by molar-refractivity contribution is 5.49. The van der Waals surface area contributed by atoms with Crippen LogP contribution in [0.3, 0.4) is 0 Å². The van der Waals surface area contributed by atoms with Gasteiger partial charge >= 0.3 is 0 Å². The molecule has 1 fully saturated rings. The monoisotopic (exact) mass is 191 g/mol. The van der Waals surface area contributed by atoms with E-state index in [9.17, 15) is 0 Å². The van der Waals surface area contributed by atoms with Crippen molar-refractivity contribution in [1.82, 2.24) is 15.1 Å². The van der Waals surface area contributed by atoms with Gasteiger partial charge in [-0.1, -0.05) is 0 Å². The number of aromatic nitrogens is 2. The zero-order valence-electron chi connectivity index (χ0n) is 8.88. The van der Waals surface area contributed by atoms with Crippen LogP contribution in [0.2, 0.25) is 0 Å². The number of aryl methyl sites for hydroxylation is 2. The van der Waals surface area contributed by atoms with Crippen LogP contribution in [0.4, 0.5) is 0 Å². The van der Waals surface area contributed by atoms with Gasteiger partial charge in [-0.15, -0.1) is 0 Å². The molecule has 0 aromatic carbocycles. The van der Waals surface area contributed by atoms with E-state index in [-0.39, 0.29) is 0 Å². The van der Waals surface area contributed by atoms with Gasteiger partial charge in [0.05, 0.1) is 11.4 Å². The summed E-state index contributed by atoms with van der Waals surface area (Å²) in [7, 11) is 1.99. The van der Waals surface area contributed by atoms with Gasteiger partial charge in [0.1, 0.15) is 0 Å². The Balaban J connectivity index is 2.18. The predicted molar refractivity (Wildman–Crippen MR) is 57.8 cm³/mol. The molecule has 1 N–H and O–H groups in total. The quantitative estimate of drug-likeness (QED) is 0.734. The first-order valence-electron chi connectivity index (χ1n) is 5.21. The Kier molecular flexibility index (Phi) is 2.57. The second-order valence-electron chi connectivity index (χ2n) is 3.89. The minimum absolute atomic E-state index is 1.08. The van der Waals surface area contributed by atoms with Crippen molar-refractivity contribution in [2.75, 3.05) is 6.54 Å². The minimum Gasteiger partial charge on any atom is -0.388 e. The first-order valence-corrected chi connectivity index (χ1v) is 5.21. The van der Waals surface area contributed by atoms with Crippen molar-refractivity contribution in [3.63, 3.8) is 0 Å². The van der Waals surface area contributed by atoms with E-state index >= 15 is 0 Å². The lowest BCUT2D eigenvalue weighted by Gasteiger charge is -2.16. The molecule has 1 aromatic rings. The summed E-state index contributed by atoms with van der Waals surface area (Å²) in [4.78, 5) is 0. The third kappa shape index (κ3) is 1.97. The van der Waals surface area contributed by atoms with Crippen LogP contribution < -0.4 is 5.32 Å². The summed E-state index contributed by atoms with van der Waals surface area (Å²) in [6.45, 7) is 3.14. The third-order valence-corrected chi connectivity index (χ3v) is 2.59.